The zero-order valence-corrected chi connectivity index (χ0v) is 10.3. The van der Waals surface area contributed by atoms with Crippen LogP contribution >= 0.6 is 11.6 Å². The number of nitrogens with zero attached hydrogens (tertiary/aromatic N) is 1. The van der Waals surface area contributed by atoms with Crippen molar-refractivity contribution in [1.29, 1.82) is 0 Å². The van der Waals surface area contributed by atoms with Gasteiger partial charge in [0, 0.05) is 18.0 Å². The van der Waals surface area contributed by atoms with Crippen LogP contribution in [-0.2, 0) is 0 Å². The summed E-state index contributed by atoms with van der Waals surface area (Å²) in [5, 5.41) is 18.2. The van der Waals surface area contributed by atoms with E-state index in [0.717, 1.165) is 0 Å². The standard InChI is InChI=1S/C13H8ClNO4/c14-11-2-1-7(5-9(11)13(18)19)10-6-15-4-3-8(10)12(16)17/h1-6H,(H,16,17)(H,18,19). The number of hydrogen-bond acceptors (Lipinski definition) is 3. The first-order valence-electron chi connectivity index (χ1n) is 5.21. The number of carboxylic acid groups (broad SMARTS) is 2. The molecule has 0 bridgehead atoms. The lowest BCUT2D eigenvalue weighted by molar-refractivity contribution is 0.0687. The van der Waals surface area contributed by atoms with Crippen molar-refractivity contribution >= 4 is 23.5 Å². The highest BCUT2D eigenvalue weighted by molar-refractivity contribution is 6.33. The van der Waals surface area contributed by atoms with E-state index in [0.29, 0.717) is 11.1 Å². The van der Waals surface area contributed by atoms with E-state index in [4.69, 9.17) is 21.8 Å². The molecule has 0 amide bonds. The molecule has 6 heteroatoms. The lowest BCUT2D eigenvalue weighted by atomic mass is 10.00. The van der Waals surface area contributed by atoms with Crippen molar-refractivity contribution in [2.75, 3.05) is 0 Å². The Morgan fingerprint density at radius 1 is 1.05 bits per heavy atom. The Balaban J connectivity index is 2.63. The van der Waals surface area contributed by atoms with Gasteiger partial charge in [0.15, 0.2) is 0 Å². The van der Waals surface area contributed by atoms with Crippen molar-refractivity contribution < 1.29 is 19.8 Å². The third-order valence-electron chi connectivity index (χ3n) is 2.56. The Kier molecular flexibility index (Phi) is 3.48. The number of halogens is 1. The molecule has 1 heterocycles. The van der Waals surface area contributed by atoms with Crippen LogP contribution in [-0.4, -0.2) is 27.1 Å². The summed E-state index contributed by atoms with van der Waals surface area (Å²) in [5.41, 5.74) is 0.745. The third-order valence-corrected chi connectivity index (χ3v) is 2.89. The molecule has 19 heavy (non-hydrogen) atoms. The molecule has 0 aliphatic rings. The molecule has 2 aromatic rings. The summed E-state index contributed by atoms with van der Waals surface area (Å²) < 4.78 is 0. The highest BCUT2D eigenvalue weighted by atomic mass is 35.5. The van der Waals surface area contributed by atoms with Gasteiger partial charge in [0.2, 0.25) is 0 Å². The summed E-state index contributed by atoms with van der Waals surface area (Å²) in [7, 11) is 0. The fourth-order valence-electron chi connectivity index (χ4n) is 1.67. The molecule has 1 aromatic heterocycles. The smallest absolute Gasteiger partial charge is 0.337 e. The minimum absolute atomic E-state index is 0.0497. The molecule has 96 valence electrons. The van der Waals surface area contributed by atoms with Crippen LogP contribution in [0, 0.1) is 0 Å². The molecule has 5 nitrogen and oxygen atoms in total. The predicted molar refractivity (Wildman–Crippen MR) is 68.6 cm³/mol. The van der Waals surface area contributed by atoms with Crippen LogP contribution in [0.1, 0.15) is 20.7 Å². The van der Waals surface area contributed by atoms with Gasteiger partial charge in [-0.2, -0.15) is 0 Å². The normalized spacial score (nSPS) is 10.2. The molecule has 0 saturated carbocycles. The van der Waals surface area contributed by atoms with Crippen LogP contribution in [0.4, 0.5) is 0 Å². The predicted octanol–water partition coefficient (Wildman–Crippen LogP) is 2.80. The van der Waals surface area contributed by atoms with Crippen LogP contribution in [0.3, 0.4) is 0 Å². The van der Waals surface area contributed by atoms with Crippen LogP contribution in [0.2, 0.25) is 5.02 Å². The minimum atomic E-state index is -1.17. The molecule has 0 unspecified atom stereocenters. The fourth-order valence-corrected chi connectivity index (χ4v) is 1.87. The van der Waals surface area contributed by atoms with Crippen molar-refractivity contribution in [3.05, 3.63) is 52.8 Å². The van der Waals surface area contributed by atoms with Crippen molar-refractivity contribution in [2.24, 2.45) is 0 Å². The van der Waals surface area contributed by atoms with E-state index >= 15 is 0 Å². The van der Waals surface area contributed by atoms with E-state index in [1.165, 1.54) is 30.6 Å². The zero-order valence-electron chi connectivity index (χ0n) is 9.50. The summed E-state index contributed by atoms with van der Waals surface area (Å²) in [6.45, 7) is 0. The summed E-state index contributed by atoms with van der Waals surface area (Å²) in [4.78, 5) is 26.0. The second kappa shape index (κ2) is 5.07. The first-order valence-corrected chi connectivity index (χ1v) is 5.59. The number of benzene rings is 1. The Labute approximate surface area is 113 Å². The van der Waals surface area contributed by atoms with Gasteiger partial charge < -0.3 is 10.2 Å². The van der Waals surface area contributed by atoms with Crippen LogP contribution < -0.4 is 0 Å². The second-order valence-electron chi connectivity index (χ2n) is 3.73. The molecular formula is C13H8ClNO4. The highest BCUT2D eigenvalue weighted by Gasteiger charge is 2.15. The summed E-state index contributed by atoms with van der Waals surface area (Å²) in [6.07, 6.45) is 2.74. The molecular weight excluding hydrogens is 270 g/mol. The van der Waals surface area contributed by atoms with Gasteiger partial charge >= 0.3 is 11.9 Å². The van der Waals surface area contributed by atoms with Gasteiger partial charge in [-0.1, -0.05) is 17.7 Å². The molecule has 0 fully saturated rings. The van der Waals surface area contributed by atoms with Crippen molar-refractivity contribution in [3.8, 4) is 11.1 Å². The second-order valence-corrected chi connectivity index (χ2v) is 4.13. The molecule has 2 N–H and O–H groups in total. The van der Waals surface area contributed by atoms with Gasteiger partial charge in [-0.25, -0.2) is 9.59 Å². The average molecular weight is 278 g/mol. The van der Waals surface area contributed by atoms with E-state index in [9.17, 15) is 9.59 Å². The molecule has 0 spiro atoms. The topological polar surface area (TPSA) is 87.5 Å². The van der Waals surface area contributed by atoms with Gasteiger partial charge in [0.05, 0.1) is 16.1 Å². The lowest BCUT2D eigenvalue weighted by Gasteiger charge is -2.07. The van der Waals surface area contributed by atoms with Crippen LogP contribution in [0.5, 0.6) is 0 Å². The number of pyridine rings is 1. The first-order chi connectivity index (χ1) is 9.00. The van der Waals surface area contributed by atoms with Gasteiger partial charge in [-0.3, -0.25) is 4.98 Å². The molecule has 0 saturated heterocycles. The third kappa shape index (κ3) is 2.56. The number of aromatic nitrogens is 1. The minimum Gasteiger partial charge on any atom is -0.478 e. The van der Waals surface area contributed by atoms with E-state index in [1.54, 1.807) is 6.07 Å². The van der Waals surface area contributed by atoms with Gasteiger partial charge in [0.25, 0.3) is 0 Å². The Morgan fingerprint density at radius 2 is 1.74 bits per heavy atom. The Hall–Kier alpha value is -2.40. The quantitative estimate of drug-likeness (QED) is 0.901. The molecule has 0 radical (unpaired) electrons. The number of carboxylic acids is 2. The monoisotopic (exact) mass is 277 g/mol. The average Bonchev–Trinajstić information content (AvgIpc) is 2.39. The summed E-state index contributed by atoms with van der Waals surface area (Å²) in [6, 6.07) is 5.65. The van der Waals surface area contributed by atoms with Gasteiger partial charge in [-0.15, -0.1) is 0 Å². The number of rotatable bonds is 3. The Morgan fingerprint density at radius 3 is 2.37 bits per heavy atom. The van der Waals surface area contributed by atoms with Crippen molar-refractivity contribution in [3.63, 3.8) is 0 Å². The fraction of sp³-hybridized carbons (Fsp3) is 0. The number of hydrogen-bond donors (Lipinski definition) is 2. The summed E-state index contributed by atoms with van der Waals surface area (Å²) in [5.74, 6) is -2.28. The van der Waals surface area contributed by atoms with Crippen LogP contribution in [0.25, 0.3) is 11.1 Å². The van der Waals surface area contributed by atoms with E-state index < -0.39 is 11.9 Å². The molecule has 2 rings (SSSR count). The zero-order chi connectivity index (χ0) is 14.0. The maximum Gasteiger partial charge on any atom is 0.337 e. The molecule has 0 aliphatic carbocycles. The van der Waals surface area contributed by atoms with Crippen molar-refractivity contribution in [2.45, 2.75) is 0 Å². The van der Waals surface area contributed by atoms with E-state index in [-0.39, 0.29) is 16.1 Å². The molecule has 0 aliphatic heterocycles. The first kappa shape index (κ1) is 13.0. The Bertz CT molecular complexity index is 669. The molecule has 1 aromatic carbocycles. The van der Waals surface area contributed by atoms with E-state index in [2.05, 4.69) is 4.98 Å². The van der Waals surface area contributed by atoms with Crippen LogP contribution in [0.15, 0.2) is 36.7 Å². The van der Waals surface area contributed by atoms with Gasteiger partial charge in [-0.05, 0) is 23.8 Å². The number of aromatic carboxylic acids is 2. The summed E-state index contributed by atoms with van der Waals surface area (Å²) >= 11 is 5.77. The largest absolute Gasteiger partial charge is 0.478 e. The highest BCUT2D eigenvalue weighted by Crippen LogP contribution is 2.27. The number of carbonyl (C=O) groups is 2. The van der Waals surface area contributed by atoms with Crippen molar-refractivity contribution in [1.82, 2.24) is 4.98 Å². The maximum atomic E-state index is 11.1. The SMILES string of the molecule is O=C(O)c1cc(-c2cnccc2C(=O)O)ccc1Cl. The lowest BCUT2D eigenvalue weighted by Crippen LogP contribution is -2.02. The van der Waals surface area contributed by atoms with Gasteiger partial charge in [0.1, 0.15) is 0 Å². The molecule has 0 atom stereocenters. The maximum absolute atomic E-state index is 11.1. The van der Waals surface area contributed by atoms with E-state index in [1.807, 2.05) is 0 Å².